The molecule has 0 saturated carbocycles. The van der Waals surface area contributed by atoms with E-state index in [2.05, 4.69) is 27.5 Å². The Morgan fingerprint density at radius 3 is 2.56 bits per heavy atom. The van der Waals surface area contributed by atoms with Gasteiger partial charge in [0.05, 0.1) is 0 Å². The van der Waals surface area contributed by atoms with Crippen LogP contribution in [0.25, 0.3) is 0 Å². The Labute approximate surface area is 109 Å². The molecule has 18 heavy (non-hydrogen) atoms. The fourth-order valence-electron chi connectivity index (χ4n) is 1.53. The molecule has 0 aliphatic heterocycles. The Balaban J connectivity index is 2.77. The van der Waals surface area contributed by atoms with Crippen molar-refractivity contribution >= 4 is 11.6 Å². The predicted octanol–water partition coefficient (Wildman–Crippen LogP) is 2.04. The summed E-state index contributed by atoms with van der Waals surface area (Å²) in [5, 5.41) is 15.7. The lowest BCUT2D eigenvalue weighted by atomic mass is 10.1. The lowest BCUT2D eigenvalue weighted by molar-refractivity contribution is 0.226. The van der Waals surface area contributed by atoms with Crippen LogP contribution in [0.5, 0.6) is 0 Å². The SMILES string of the molecule is CCCNc1ncnc(NC(C)C(C)CO)c1C. The number of hydrogen-bond acceptors (Lipinski definition) is 5. The van der Waals surface area contributed by atoms with Crippen molar-refractivity contribution in [3.8, 4) is 0 Å². The van der Waals surface area contributed by atoms with E-state index in [0.717, 1.165) is 30.2 Å². The van der Waals surface area contributed by atoms with E-state index in [-0.39, 0.29) is 18.6 Å². The minimum Gasteiger partial charge on any atom is -0.396 e. The first-order valence-electron chi connectivity index (χ1n) is 6.53. The third kappa shape index (κ3) is 3.84. The topological polar surface area (TPSA) is 70.1 Å². The van der Waals surface area contributed by atoms with Gasteiger partial charge in [0.25, 0.3) is 0 Å². The van der Waals surface area contributed by atoms with Gasteiger partial charge in [-0.2, -0.15) is 0 Å². The molecule has 0 bridgehead atoms. The molecule has 5 nitrogen and oxygen atoms in total. The van der Waals surface area contributed by atoms with E-state index in [9.17, 15) is 0 Å². The van der Waals surface area contributed by atoms with Gasteiger partial charge in [0.1, 0.15) is 18.0 Å². The molecule has 1 heterocycles. The number of hydrogen-bond donors (Lipinski definition) is 3. The van der Waals surface area contributed by atoms with Crippen LogP contribution in [0.2, 0.25) is 0 Å². The molecule has 2 unspecified atom stereocenters. The summed E-state index contributed by atoms with van der Waals surface area (Å²) in [5.41, 5.74) is 1.02. The van der Waals surface area contributed by atoms with Gasteiger partial charge in [-0.15, -0.1) is 0 Å². The third-order valence-corrected chi connectivity index (χ3v) is 3.13. The van der Waals surface area contributed by atoms with Crippen molar-refractivity contribution in [1.82, 2.24) is 9.97 Å². The minimum absolute atomic E-state index is 0.166. The third-order valence-electron chi connectivity index (χ3n) is 3.13. The van der Waals surface area contributed by atoms with Gasteiger partial charge in [-0.1, -0.05) is 13.8 Å². The summed E-state index contributed by atoms with van der Waals surface area (Å²) in [6.45, 7) is 9.23. The number of rotatable bonds is 7. The van der Waals surface area contributed by atoms with Crippen molar-refractivity contribution in [2.24, 2.45) is 5.92 Å². The molecular formula is C13H24N4O. The van der Waals surface area contributed by atoms with E-state index in [1.54, 1.807) is 6.33 Å². The Morgan fingerprint density at radius 1 is 1.28 bits per heavy atom. The highest BCUT2D eigenvalue weighted by atomic mass is 16.3. The Kier molecular flexibility index (Phi) is 5.85. The van der Waals surface area contributed by atoms with Crippen LogP contribution >= 0.6 is 0 Å². The molecule has 2 atom stereocenters. The minimum atomic E-state index is 0.166. The molecule has 0 spiro atoms. The predicted molar refractivity (Wildman–Crippen MR) is 74.9 cm³/mol. The van der Waals surface area contributed by atoms with E-state index in [1.807, 2.05) is 20.8 Å². The van der Waals surface area contributed by atoms with Crippen molar-refractivity contribution in [3.05, 3.63) is 11.9 Å². The van der Waals surface area contributed by atoms with Crippen LogP contribution < -0.4 is 10.6 Å². The second-order valence-corrected chi connectivity index (χ2v) is 4.72. The van der Waals surface area contributed by atoms with Crippen molar-refractivity contribution in [3.63, 3.8) is 0 Å². The molecule has 102 valence electrons. The first kappa shape index (κ1) is 14.7. The maximum absolute atomic E-state index is 9.14. The summed E-state index contributed by atoms with van der Waals surface area (Å²) in [6.07, 6.45) is 2.62. The normalized spacial score (nSPS) is 14.1. The summed E-state index contributed by atoms with van der Waals surface area (Å²) in [4.78, 5) is 8.50. The molecule has 1 aromatic heterocycles. The largest absolute Gasteiger partial charge is 0.396 e. The molecule has 0 amide bonds. The maximum atomic E-state index is 9.14. The van der Waals surface area contributed by atoms with E-state index in [0.29, 0.717) is 0 Å². The molecular weight excluding hydrogens is 228 g/mol. The second-order valence-electron chi connectivity index (χ2n) is 4.72. The average Bonchev–Trinajstić information content (AvgIpc) is 2.38. The molecule has 1 aromatic rings. The Bertz CT molecular complexity index is 370. The summed E-state index contributed by atoms with van der Waals surface area (Å²) >= 11 is 0. The number of anilines is 2. The monoisotopic (exact) mass is 252 g/mol. The molecule has 0 radical (unpaired) electrons. The molecule has 0 aliphatic carbocycles. The van der Waals surface area contributed by atoms with E-state index in [1.165, 1.54) is 0 Å². The Hall–Kier alpha value is -1.36. The van der Waals surface area contributed by atoms with E-state index < -0.39 is 0 Å². The van der Waals surface area contributed by atoms with Crippen molar-refractivity contribution in [2.75, 3.05) is 23.8 Å². The lowest BCUT2D eigenvalue weighted by Crippen LogP contribution is -2.27. The highest BCUT2D eigenvalue weighted by Gasteiger charge is 2.14. The standard InChI is InChI=1S/C13H24N4O/c1-5-6-14-12-10(3)13(16-8-15-12)17-11(4)9(2)7-18/h8-9,11,18H,5-7H2,1-4H3,(H2,14,15,16,17). The van der Waals surface area contributed by atoms with Crippen LogP contribution in [0.15, 0.2) is 6.33 Å². The fraction of sp³-hybridized carbons (Fsp3) is 0.692. The molecule has 0 aliphatic rings. The van der Waals surface area contributed by atoms with Gasteiger partial charge in [0.2, 0.25) is 0 Å². The van der Waals surface area contributed by atoms with Gasteiger partial charge in [0, 0.05) is 24.8 Å². The van der Waals surface area contributed by atoms with E-state index >= 15 is 0 Å². The lowest BCUT2D eigenvalue weighted by Gasteiger charge is -2.21. The zero-order valence-electron chi connectivity index (χ0n) is 11.7. The van der Waals surface area contributed by atoms with Crippen molar-refractivity contribution in [1.29, 1.82) is 0 Å². The van der Waals surface area contributed by atoms with Gasteiger partial charge in [-0.3, -0.25) is 0 Å². The van der Waals surface area contributed by atoms with Crippen LogP contribution in [0, 0.1) is 12.8 Å². The summed E-state index contributed by atoms with van der Waals surface area (Å²) < 4.78 is 0. The first-order chi connectivity index (χ1) is 8.60. The highest BCUT2D eigenvalue weighted by molar-refractivity contribution is 5.56. The first-order valence-corrected chi connectivity index (χ1v) is 6.53. The van der Waals surface area contributed by atoms with Gasteiger partial charge in [-0.05, 0) is 26.2 Å². The van der Waals surface area contributed by atoms with Gasteiger partial charge >= 0.3 is 0 Å². The fourth-order valence-corrected chi connectivity index (χ4v) is 1.53. The summed E-state index contributed by atoms with van der Waals surface area (Å²) in [6, 6.07) is 0.169. The molecule has 5 heteroatoms. The molecule has 0 aromatic carbocycles. The average molecular weight is 252 g/mol. The van der Waals surface area contributed by atoms with E-state index in [4.69, 9.17) is 5.11 Å². The van der Waals surface area contributed by atoms with Crippen molar-refractivity contribution in [2.45, 2.75) is 40.2 Å². The Morgan fingerprint density at radius 2 is 1.94 bits per heavy atom. The summed E-state index contributed by atoms with van der Waals surface area (Å²) in [7, 11) is 0. The van der Waals surface area contributed by atoms with Gasteiger partial charge in [0.15, 0.2) is 0 Å². The number of nitrogens with zero attached hydrogens (tertiary/aromatic N) is 2. The number of aliphatic hydroxyl groups excluding tert-OH is 1. The number of aliphatic hydroxyl groups is 1. The summed E-state index contributed by atoms with van der Waals surface area (Å²) in [5.74, 6) is 1.89. The van der Waals surface area contributed by atoms with Gasteiger partial charge < -0.3 is 15.7 Å². The van der Waals surface area contributed by atoms with Crippen LogP contribution in [0.1, 0.15) is 32.8 Å². The maximum Gasteiger partial charge on any atom is 0.134 e. The van der Waals surface area contributed by atoms with Crippen LogP contribution in [0.4, 0.5) is 11.6 Å². The zero-order chi connectivity index (χ0) is 13.5. The number of aromatic nitrogens is 2. The van der Waals surface area contributed by atoms with Gasteiger partial charge in [-0.25, -0.2) is 9.97 Å². The molecule has 1 rings (SSSR count). The highest BCUT2D eigenvalue weighted by Crippen LogP contribution is 2.20. The zero-order valence-corrected chi connectivity index (χ0v) is 11.7. The van der Waals surface area contributed by atoms with Crippen LogP contribution in [-0.2, 0) is 0 Å². The molecule has 0 saturated heterocycles. The quantitative estimate of drug-likeness (QED) is 0.692. The smallest absolute Gasteiger partial charge is 0.134 e. The van der Waals surface area contributed by atoms with Crippen LogP contribution in [-0.4, -0.2) is 34.3 Å². The molecule has 3 N–H and O–H groups in total. The molecule has 0 fully saturated rings. The second kappa shape index (κ2) is 7.16. The van der Waals surface area contributed by atoms with Crippen molar-refractivity contribution < 1.29 is 5.11 Å². The van der Waals surface area contributed by atoms with Crippen LogP contribution in [0.3, 0.4) is 0 Å². The number of nitrogens with one attached hydrogen (secondary N) is 2.